The van der Waals surface area contributed by atoms with Gasteiger partial charge in [0.1, 0.15) is 6.61 Å². The number of carbonyl (C=O) groups excluding carboxylic acids is 2. The summed E-state index contributed by atoms with van der Waals surface area (Å²) >= 11 is 0. The molecule has 0 aliphatic carbocycles. The number of phosphoric acid groups is 1. The highest BCUT2D eigenvalue weighted by molar-refractivity contribution is 7.47. The lowest BCUT2D eigenvalue weighted by molar-refractivity contribution is -0.161. The molecule has 530 valence electrons. The van der Waals surface area contributed by atoms with Gasteiger partial charge in [-0.1, -0.05) is 345 Å². The number of hydrogen-bond acceptors (Lipinski definition) is 8. The van der Waals surface area contributed by atoms with Gasteiger partial charge in [0.15, 0.2) is 6.10 Å². The molecule has 0 saturated carbocycles. The molecular weight excluding hydrogens is 1170 g/mol. The molecule has 0 heterocycles. The fourth-order valence-electron chi connectivity index (χ4n) is 10.4. The normalized spacial score (nSPS) is 13.8. The summed E-state index contributed by atoms with van der Waals surface area (Å²) < 4.78 is 33.2. The van der Waals surface area contributed by atoms with Crippen LogP contribution in [-0.2, 0) is 32.7 Å². The van der Waals surface area contributed by atoms with E-state index in [2.05, 4.69) is 172 Å². The van der Waals surface area contributed by atoms with E-state index in [1.165, 1.54) is 161 Å². The second-order valence-corrected chi connectivity index (χ2v) is 26.2. The molecule has 9 nitrogen and oxygen atoms in total. The van der Waals surface area contributed by atoms with Gasteiger partial charge >= 0.3 is 19.8 Å². The average Bonchev–Trinajstić information content (AvgIpc) is 3.70. The van der Waals surface area contributed by atoms with Gasteiger partial charge in [0.25, 0.3) is 0 Å². The molecule has 0 spiro atoms. The number of unbranched alkanes of at least 4 members (excludes halogenated alkanes) is 31. The van der Waals surface area contributed by atoms with Gasteiger partial charge in [-0.2, -0.15) is 0 Å². The molecule has 3 N–H and O–H groups in total. The molecule has 0 aromatic rings. The second kappa shape index (κ2) is 76.6. The SMILES string of the molecule is CC/C=C\C/C=C\C/C=C\C/C=C\C/C=C\C/C=C\C/C=C\C/C=C\C/C=C\CCCCCCCCCC(=O)OC(COC(=O)CCCCCCCCCCCCCCCCCCCCCCCCCC/C=C\C/C=C\C/C=C\C/C=C\CC)COP(=O)(O)OCCN. The number of ether oxygens (including phenoxy) is 2. The summed E-state index contributed by atoms with van der Waals surface area (Å²) in [6, 6.07) is 0. The molecule has 0 aromatic heterocycles. The Bertz CT molecular complexity index is 2090. The van der Waals surface area contributed by atoms with Crippen LogP contribution in [0.4, 0.5) is 0 Å². The summed E-state index contributed by atoms with van der Waals surface area (Å²) in [6.07, 6.45) is 112. The van der Waals surface area contributed by atoms with Crippen LogP contribution in [0, 0.1) is 0 Å². The predicted octanol–water partition coefficient (Wildman–Crippen LogP) is 25.5. The molecule has 2 atom stereocenters. The van der Waals surface area contributed by atoms with Crippen LogP contribution in [0.3, 0.4) is 0 Å². The third kappa shape index (κ3) is 76.5. The fourth-order valence-corrected chi connectivity index (χ4v) is 11.2. The van der Waals surface area contributed by atoms with Crippen LogP contribution in [-0.4, -0.2) is 49.3 Å². The van der Waals surface area contributed by atoms with Crippen molar-refractivity contribution in [1.82, 2.24) is 0 Å². The Kier molecular flexibility index (Phi) is 73.0. The minimum absolute atomic E-state index is 0.0456. The van der Waals surface area contributed by atoms with E-state index in [0.717, 1.165) is 128 Å². The van der Waals surface area contributed by atoms with Crippen LogP contribution in [0.15, 0.2) is 158 Å². The highest BCUT2D eigenvalue weighted by Crippen LogP contribution is 2.43. The second-order valence-electron chi connectivity index (χ2n) is 24.8. The van der Waals surface area contributed by atoms with Crippen molar-refractivity contribution in [2.75, 3.05) is 26.4 Å². The van der Waals surface area contributed by atoms with E-state index in [0.29, 0.717) is 6.42 Å². The molecule has 0 rings (SSSR count). The number of esters is 2. The Balaban J connectivity index is 3.89. The molecule has 93 heavy (non-hydrogen) atoms. The van der Waals surface area contributed by atoms with Gasteiger partial charge < -0.3 is 20.1 Å². The predicted molar refractivity (Wildman–Crippen MR) is 403 cm³/mol. The van der Waals surface area contributed by atoms with Crippen LogP contribution in [0.5, 0.6) is 0 Å². The number of allylic oxidation sites excluding steroid dienone is 26. The van der Waals surface area contributed by atoms with Crippen LogP contribution < -0.4 is 5.73 Å². The molecule has 0 saturated heterocycles. The topological polar surface area (TPSA) is 134 Å². The van der Waals surface area contributed by atoms with Gasteiger partial charge in [-0.05, 0) is 122 Å². The summed E-state index contributed by atoms with van der Waals surface area (Å²) in [7, 11) is -4.41. The molecular formula is C83H140NO8P. The van der Waals surface area contributed by atoms with Crippen molar-refractivity contribution < 1.29 is 37.6 Å². The Morgan fingerprint density at radius 3 is 0.828 bits per heavy atom. The van der Waals surface area contributed by atoms with Crippen LogP contribution in [0.25, 0.3) is 0 Å². The zero-order valence-corrected chi connectivity index (χ0v) is 60.6. The van der Waals surface area contributed by atoms with Crippen molar-refractivity contribution in [2.24, 2.45) is 5.73 Å². The fraction of sp³-hybridized carbons (Fsp3) is 0.663. The molecule has 0 fully saturated rings. The van der Waals surface area contributed by atoms with Crippen molar-refractivity contribution >= 4 is 19.8 Å². The lowest BCUT2D eigenvalue weighted by atomic mass is 10.0. The van der Waals surface area contributed by atoms with Crippen LogP contribution in [0.2, 0.25) is 0 Å². The largest absolute Gasteiger partial charge is 0.472 e. The first kappa shape index (κ1) is 88.6. The first-order chi connectivity index (χ1) is 45.8. The highest BCUT2D eigenvalue weighted by Gasteiger charge is 2.26. The number of phosphoric ester groups is 1. The average molecular weight is 1310 g/mol. The summed E-state index contributed by atoms with van der Waals surface area (Å²) in [4.78, 5) is 35.4. The third-order valence-electron chi connectivity index (χ3n) is 15.9. The van der Waals surface area contributed by atoms with Gasteiger partial charge in [-0.15, -0.1) is 0 Å². The van der Waals surface area contributed by atoms with Gasteiger partial charge in [0.05, 0.1) is 13.2 Å². The van der Waals surface area contributed by atoms with Gasteiger partial charge in [0, 0.05) is 19.4 Å². The Labute approximate surface area is 572 Å². The Morgan fingerprint density at radius 1 is 0.323 bits per heavy atom. The zero-order valence-electron chi connectivity index (χ0n) is 59.7. The minimum Gasteiger partial charge on any atom is -0.462 e. The monoisotopic (exact) mass is 1310 g/mol. The minimum atomic E-state index is -4.41. The maximum atomic E-state index is 12.8. The lowest BCUT2D eigenvalue weighted by Crippen LogP contribution is -2.29. The zero-order chi connectivity index (χ0) is 67.2. The standard InChI is InChI=1S/C83H140NO8P/c1-3-5-7-9-11-13-15-17-19-21-23-25-27-29-31-33-35-37-39-40-42-43-45-47-49-51-53-55-57-59-61-63-65-67-69-71-73-75-82(85)89-79-81(80-91-93(87,88)90-78-77-84)92-83(86)76-74-72-70-68-66-64-62-60-58-56-54-52-50-48-46-44-41-38-36-34-32-30-28-26-24-22-20-18-16-14-12-10-8-6-4-2/h5-8,11-14,17-20,23-26,30,32,36,38,44,46,50,52,56,58,81H,3-4,9-10,15-16,21-22,27-29,31,33-35,37,39-43,45,47-49,51,53-55,57,59-80,84H2,1-2H3,(H,87,88)/b7-5-,8-6-,13-11-,14-12-,19-17-,20-18-,25-23-,26-24-,32-30-,38-36-,46-44-,52-50-,58-56-. The van der Waals surface area contributed by atoms with Crippen molar-refractivity contribution in [2.45, 2.75) is 328 Å². The first-order valence-corrected chi connectivity index (χ1v) is 39.5. The number of rotatable bonds is 70. The number of carbonyl (C=O) groups is 2. The molecule has 0 amide bonds. The van der Waals surface area contributed by atoms with E-state index in [-0.39, 0.29) is 38.6 Å². The smallest absolute Gasteiger partial charge is 0.462 e. The molecule has 10 heteroatoms. The summed E-state index contributed by atoms with van der Waals surface area (Å²) in [5.41, 5.74) is 5.41. The highest BCUT2D eigenvalue weighted by atomic mass is 31.2. The van der Waals surface area contributed by atoms with Crippen molar-refractivity contribution in [3.05, 3.63) is 158 Å². The van der Waals surface area contributed by atoms with E-state index < -0.39 is 26.5 Å². The van der Waals surface area contributed by atoms with E-state index in [9.17, 15) is 19.0 Å². The lowest BCUT2D eigenvalue weighted by Gasteiger charge is -2.19. The molecule has 0 aliphatic heterocycles. The van der Waals surface area contributed by atoms with Crippen molar-refractivity contribution in [1.29, 1.82) is 0 Å². The molecule has 0 aliphatic rings. The molecule has 0 bridgehead atoms. The molecule has 0 aromatic carbocycles. The van der Waals surface area contributed by atoms with Gasteiger partial charge in [-0.25, -0.2) is 4.57 Å². The third-order valence-corrected chi connectivity index (χ3v) is 16.9. The van der Waals surface area contributed by atoms with E-state index in [1.54, 1.807) is 0 Å². The van der Waals surface area contributed by atoms with Crippen LogP contribution >= 0.6 is 7.82 Å². The van der Waals surface area contributed by atoms with Gasteiger partial charge in [0.2, 0.25) is 0 Å². The quantitative estimate of drug-likeness (QED) is 0.0264. The van der Waals surface area contributed by atoms with E-state index >= 15 is 0 Å². The first-order valence-electron chi connectivity index (χ1n) is 38.0. The Hall–Kier alpha value is -4.37. The number of hydrogen-bond donors (Lipinski definition) is 2. The molecule has 0 radical (unpaired) electrons. The summed E-state index contributed by atoms with van der Waals surface area (Å²) in [5, 5.41) is 0. The van der Waals surface area contributed by atoms with Crippen LogP contribution in [0.1, 0.15) is 322 Å². The van der Waals surface area contributed by atoms with Gasteiger partial charge in [-0.3, -0.25) is 18.6 Å². The van der Waals surface area contributed by atoms with E-state index in [1.807, 2.05) is 0 Å². The molecule has 2 unspecified atom stereocenters. The summed E-state index contributed by atoms with van der Waals surface area (Å²) in [6.45, 7) is 3.52. The van der Waals surface area contributed by atoms with Crippen molar-refractivity contribution in [3.63, 3.8) is 0 Å². The number of nitrogens with two attached hydrogens (primary N) is 1. The maximum absolute atomic E-state index is 12.8. The van der Waals surface area contributed by atoms with E-state index in [4.69, 9.17) is 24.3 Å². The summed E-state index contributed by atoms with van der Waals surface area (Å²) in [5.74, 6) is -0.838. The maximum Gasteiger partial charge on any atom is 0.472 e. The van der Waals surface area contributed by atoms with Crippen molar-refractivity contribution in [3.8, 4) is 0 Å². The Morgan fingerprint density at radius 2 is 0.559 bits per heavy atom.